The fourth-order valence-corrected chi connectivity index (χ4v) is 4.80. The van der Waals surface area contributed by atoms with Crippen LogP contribution in [0.3, 0.4) is 0 Å². The fourth-order valence-electron chi connectivity index (χ4n) is 4.80. The lowest BCUT2D eigenvalue weighted by Gasteiger charge is -2.39. The highest BCUT2D eigenvalue weighted by Crippen LogP contribution is 2.49. The van der Waals surface area contributed by atoms with Crippen LogP contribution >= 0.6 is 0 Å². The summed E-state index contributed by atoms with van der Waals surface area (Å²) >= 11 is 0. The Morgan fingerprint density at radius 2 is 1.65 bits per heavy atom. The minimum Gasteiger partial charge on any atom is -0.508 e. The van der Waals surface area contributed by atoms with Gasteiger partial charge in [0.1, 0.15) is 29.1 Å². The molecule has 1 unspecified atom stereocenters. The molecule has 6 heteroatoms. The van der Waals surface area contributed by atoms with Crippen molar-refractivity contribution in [2.75, 3.05) is 19.6 Å². The first kappa shape index (κ1) is 22.3. The van der Waals surface area contributed by atoms with Crippen molar-refractivity contribution >= 4 is 11.1 Å². The lowest BCUT2D eigenvalue weighted by molar-refractivity contribution is -0.0930. The van der Waals surface area contributed by atoms with E-state index in [4.69, 9.17) is 9.47 Å². The smallest absolute Gasteiger partial charge is 0.262 e. The maximum absolute atomic E-state index is 12.0. The molecule has 0 spiro atoms. The van der Waals surface area contributed by atoms with Crippen molar-refractivity contribution in [1.82, 2.24) is 4.90 Å². The molecule has 0 radical (unpaired) electrons. The number of rotatable bonds is 6. The number of fused-ring (bicyclic) bond motifs is 1. The molecule has 1 atom stereocenters. The summed E-state index contributed by atoms with van der Waals surface area (Å²) in [6, 6.07) is 18.9. The molecule has 0 aliphatic carbocycles. The van der Waals surface area contributed by atoms with E-state index in [0.29, 0.717) is 16.9 Å². The van der Waals surface area contributed by atoms with Crippen LogP contribution in [-0.2, 0) is 5.79 Å². The summed E-state index contributed by atoms with van der Waals surface area (Å²) in [6.07, 6.45) is 1.31. The first-order valence-electron chi connectivity index (χ1n) is 11.6. The van der Waals surface area contributed by atoms with Gasteiger partial charge in [0.2, 0.25) is 0 Å². The predicted molar refractivity (Wildman–Crippen MR) is 131 cm³/mol. The molecule has 2 aliphatic rings. The molecule has 1 fully saturated rings. The highest BCUT2D eigenvalue weighted by atomic mass is 16.6. The second kappa shape index (κ2) is 8.70. The number of nitrogens with zero attached hydrogens (tertiary/aromatic N) is 1. The highest BCUT2D eigenvalue weighted by molar-refractivity contribution is 5.96. The van der Waals surface area contributed by atoms with Crippen LogP contribution in [0.25, 0.3) is 11.1 Å². The van der Waals surface area contributed by atoms with E-state index in [9.17, 15) is 15.3 Å². The number of phenols is 2. The third kappa shape index (κ3) is 4.00. The molecule has 1 saturated heterocycles. The van der Waals surface area contributed by atoms with E-state index < -0.39 is 5.79 Å². The topological polar surface area (TPSA) is 82.4 Å². The Hall–Kier alpha value is -3.48. The lowest BCUT2D eigenvalue weighted by atomic mass is 9.83. The first-order chi connectivity index (χ1) is 16.4. The van der Waals surface area contributed by atoms with Gasteiger partial charge in [0.25, 0.3) is 5.79 Å². The second-order valence-electron chi connectivity index (χ2n) is 9.00. The number of benzene rings is 3. The summed E-state index contributed by atoms with van der Waals surface area (Å²) in [6.45, 7) is 7.03. The number of allylic oxidation sites excluding steroid dienone is 1. The van der Waals surface area contributed by atoms with Gasteiger partial charge in [-0.2, -0.15) is 0 Å². The standard InChI is InChI=1S/C28H29NO5/c1-3-14-29-16-24(17-29)33-23-11-6-20(7-12-23)28(32)27(19-4-8-21(30)9-5-19)18(2)25-13-10-22(31)15-26(25)34-28/h4-13,15,24,30-32H,3,14,16-17H2,1-2H3. The van der Waals surface area contributed by atoms with Gasteiger partial charge >= 0.3 is 0 Å². The summed E-state index contributed by atoms with van der Waals surface area (Å²) in [4.78, 5) is 2.36. The minimum absolute atomic E-state index is 0.0587. The molecule has 3 N–H and O–H groups in total. The molecule has 0 saturated carbocycles. The Morgan fingerprint density at radius 1 is 0.971 bits per heavy atom. The number of phenolic OH excluding ortho intramolecular Hbond substituents is 2. The number of ether oxygens (including phenoxy) is 2. The van der Waals surface area contributed by atoms with E-state index in [1.807, 2.05) is 19.1 Å². The highest BCUT2D eigenvalue weighted by Gasteiger charge is 2.43. The molecule has 2 aliphatic heterocycles. The van der Waals surface area contributed by atoms with Gasteiger partial charge in [-0.3, -0.25) is 4.90 Å². The molecule has 176 valence electrons. The monoisotopic (exact) mass is 459 g/mol. The van der Waals surface area contributed by atoms with Crippen LogP contribution in [0.4, 0.5) is 0 Å². The summed E-state index contributed by atoms with van der Waals surface area (Å²) < 4.78 is 12.3. The average molecular weight is 460 g/mol. The largest absolute Gasteiger partial charge is 0.508 e. The Balaban J connectivity index is 1.49. The van der Waals surface area contributed by atoms with Crippen molar-refractivity contribution in [3.8, 4) is 23.0 Å². The Labute approximate surface area is 199 Å². The van der Waals surface area contributed by atoms with Crippen molar-refractivity contribution in [2.45, 2.75) is 32.2 Å². The van der Waals surface area contributed by atoms with Crippen LogP contribution in [0.1, 0.15) is 37.0 Å². The third-order valence-corrected chi connectivity index (χ3v) is 6.51. The zero-order chi connectivity index (χ0) is 23.9. The van der Waals surface area contributed by atoms with Gasteiger partial charge in [-0.1, -0.05) is 19.1 Å². The van der Waals surface area contributed by atoms with Crippen LogP contribution in [0.5, 0.6) is 23.0 Å². The quantitative estimate of drug-likeness (QED) is 0.494. The molecular formula is C28H29NO5. The van der Waals surface area contributed by atoms with E-state index in [-0.39, 0.29) is 17.6 Å². The van der Waals surface area contributed by atoms with Crippen molar-refractivity contribution < 1.29 is 24.8 Å². The summed E-state index contributed by atoms with van der Waals surface area (Å²) in [7, 11) is 0. The van der Waals surface area contributed by atoms with E-state index >= 15 is 0 Å². The van der Waals surface area contributed by atoms with Crippen LogP contribution in [0.2, 0.25) is 0 Å². The van der Waals surface area contributed by atoms with Gasteiger partial charge < -0.3 is 24.8 Å². The Kier molecular flexibility index (Phi) is 5.71. The zero-order valence-corrected chi connectivity index (χ0v) is 19.4. The Morgan fingerprint density at radius 3 is 2.32 bits per heavy atom. The van der Waals surface area contributed by atoms with Gasteiger partial charge in [0.15, 0.2) is 0 Å². The van der Waals surface area contributed by atoms with Crippen molar-refractivity contribution in [3.63, 3.8) is 0 Å². The van der Waals surface area contributed by atoms with Gasteiger partial charge in [0, 0.05) is 35.9 Å². The van der Waals surface area contributed by atoms with Crippen LogP contribution in [0.15, 0.2) is 66.7 Å². The number of aromatic hydroxyl groups is 2. The molecule has 5 rings (SSSR count). The summed E-state index contributed by atoms with van der Waals surface area (Å²) in [5.74, 6) is -0.456. The van der Waals surface area contributed by atoms with Crippen molar-refractivity contribution in [3.05, 3.63) is 83.4 Å². The molecule has 0 bridgehead atoms. The fraction of sp³-hybridized carbons (Fsp3) is 0.286. The lowest BCUT2D eigenvalue weighted by Crippen LogP contribution is -2.53. The zero-order valence-electron chi connectivity index (χ0n) is 19.4. The molecule has 34 heavy (non-hydrogen) atoms. The van der Waals surface area contributed by atoms with Crippen LogP contribution in [0, 0.1) is 0 Å². The van der Waals surface area contributed by atoms with Crippen LogP contribution < -0.4 is 9.47 Å². The number of hydrogen-bond donors (Lipinski definition) is 3. The second-order valence-corrected chi connectivity index (χ2v) is 9.00. The molecular weight excluding hydrogens is 430 g/mol. The maximum atomic E-state index is 12.0. The van der Waals surface area contributed by atoms with E-state index in [0.717, 1.165) is 48.5 Å². The predicted octanol–water partition coefficient (Wildman–Crippen LogP) is 4.74. The van der Waals surface area contributed by atoms with E-state index in [1.165, 1.54) is 6.07 Å². The molecule has 3 aromatic rings. The minimum atomic E-state index is -1.80. The van der Waals surface area contributed by atoms with Crippen LogP contribution in [-0.4, -0.2) is 46.0 Å². The number of aliphatic hydroxyl groups is 1. The third-order valence-electron chi connectivity index (χ3n) is 6.51. The molecule has 3 aromatic carbocycles. The van der Waals surface area contributed by atoms with Crippen molar-refractivity contribution in [2.24, 2.45) is 0 Å². The van der Waals surface area contributed by atoms with E-state index in [1.54, 1.807) is 48.5 Å². The SMILES string of the molecule is CCCN1CC(Oc2ccc(C3(O)Oc4cc(O)ccc4C(C)=C3c3ccc(O)cc3)cc2)C1. The van der Waals surface area contributed by atoms with E-state index in [2.05, 4.69) is 11.8 Å². The number of likely N-dealkylation sites (tertiary alicyclic amines) is 1. The van der Waals surface area contributed by atoms with Crippen molar-refractivity contribution in [1.29, 1.82) is 0 Å². The Bertz CT molecular complexity index is 1210. The first-order valence-corrected chi connectivity index (χ1v) is 11.6. The molecule has 0 aromatic heterocycles. The average Bonchev–Trinajstić information content (AvgIpc) is 2.79. The summed E-state index contributed by atoms with van der Waals surface area (Å²) in [5, 5.41) is 31.8. The van der Waals surface area contributed by atoms with Gasteiger partial charge in [0.05, 0.1) is 0 Å². The van der Waals surface area contributed by atoms with Gasteiger partial charge in [-0.15, -0.1) is 0 Å². The molecule has 2 heterocycles. The molecule has 6 nitrogen and oxygen atoms in total. The van der Waals surface area contributed by atoms with Gasteiger partial charge in [-0.25, -0.2) is 0 Å². The molecule has 0 amide bonds. The maximum Gasteiger partial charge on any atom is 0.262 e. The number of hydrogen-bond acceptors (Lipinski definition) is 6. The van der Waals surface area contributed by atoms with Gasteiger partial charge in [-0.05, 0) is 79.6 Å². The summed E-state index contributed by atoms with van der Waals surface area (Å²) in [5.41, 5.74) is 3.45. The normalized spacial score (nSPS) is 20.4.